The predicted octanol–water partition coefficient (Wildman–Crippen LogP) is 4.27. The summed E-state index contributed by atoms with van der Waals surface area (Å²) in [7, 11) is -2.15. The van der Waals surface area contributed by atoms with Crippen molar-refractivity contribution >= 4 is 48.3 Å². The number of amides is 1. The maximum atomic E-state index is 13.0. The Kier molecular flexibility index (Phi) is 8.24. The molecule has 1 fully saturated rings. The summed E-state index contributed by atoms with van der Waals surface area (Å²) in [6, 6.07) is 17.2. The SMILES string of the molecule is COc1ccc(C)c2sc(N3CCN(CCNC(=O)c4ccccc4NS(=O)(=O)c4ccc(C)cc4)CC3)nc12. The van der Waals surface area contributed by atoms with Crippen molar-refractivity contribution in [1.29, 1.82) is 0 Å². The fraction of sp³-hybridized carbons (Fsp3) is 0.310. The molecule has 1 amide bonds. The highest BCUT2D eigenvalue weighted by molar-refractivity contribution is 7.92. The fourth-order valence-electron chi connectivity index (χ4n) is 4.68. The van der Waals surface area contributed by atoms with E-state index in [1.165, 1.54) is 5.56 Å². The average molecular weight is 580 g/mol. The molecule has 40 heavy (non-hydrogen) atoms. The molecule has 0 spiro atoms. The molecule has 2 heterocycles. The lowest BCUT2D eigenvalue weighted by Crippen LogP contribution is -2.48. The van der Waals surface area contributed by atoms with Gasteiger partial charge >= 0.3 is 0 Å². The summed E-state index contributed by atoms with van der Waals surface area (Å²) in [6.45, 7) is 8.54. The minimum atomic E-state index is -3.82. The first-order valence-corrected chi connectivity index (χ1v) is 15.4. The number of piperazine rings is 1. The number of carbonyl (C=O) groups excluding carboxylic acids is 1. The Hall–Kier alpha value is -3.67. The number of hydrogen-bond donors (Lipinski definition) is 2. The number of thiazole rings is 1. The molecule has 9 nitrogen and oxygen atoms in total. The third-order valence-corrected chi connectivity index (χ3v) is 9.65. The van der Waals surface area contributed by atoms with Crippen molar-refractivity contribution in [2.75, 3.05) is 56.0 Å². The van der Waals surface area contributed by atoms with Crippen molar-refractivity contribution in [2.45, 2.75) is 18.7 Å². The van der Waals surface area contributed by atoms with Gasteiger partial charge in [0, 0.05) is 39.3 Å². The van der Waals surface area contributed by atoms with Crippen LogP contribution >= 0.6 is 11.3 Å². The molecule has 0 saturated carbocycles. The largest absolute Gasteiger partial charge is 0.494 e. The van der Waals surface area contributed by atoms with Crippen molar-refractivity contribution < 1.29 is 17.9 Å². The van der Waals surface area contributed by atoms with Gasteiger partial charge in [-0.25, -0.2) is 13.4 Å². The number of carbonyl (C=O) groups is 1. The minimum Gasteiger partial charge on any atom is -0.494 e. The Balaban J connectivity index is 1.15. The normalized spacial score (nSPS) is 14.3. The van der Waals surface area contributed by atoms with Crippen LogP contribution in [0.25, 0.3) is 10.2 Å². The lowest BCUT2D eigenvalue weighted by molar-refractivity contribution is 0.0948. The summed E-state index contributed by atoms with van der Waals surface area (Å²) < 4.78 is 35.0. The van der Waals surface area contributed by atoms with Crippen LogP contribution in [-0.4, -0.2) is 70.6 Å². The van der Waals surface area contributed by atoms with Gasteiger partial charge in [-0.15, -0.1) is 0 Å². The Morgan fingerprint density at radius 2 is 1.73 bits per heavy atom. The second-order valence-electron chi connectivity index (χ2n) is 9.81. The number of sulfonamides is 1. The number of anilines is 2. The van der Waals surface area contributed by atoms with Crippen LogP contribution in [0.5, 0.6) is 5.75 Å². The quantitative estimate of drug-likeness (QED) is 0.305. The number of nitrogens with one attached hydrogen (secondary N) is 2. The summed E-state index contributed by atoms with van der Waals surface area (Å²) in [5.41, 5.74) is 3.60. The van der Waals surface area contributed by atoms with E-state index in [1.807, 2.05) is 13.0 Å². The highest BCUT2D eigenvalue weighted by Crippen LogP contribution is 2.36. The molecule has 1 saturated heterocycles. The molecule has 2 N–H and O–H groups in total. The van der Waals surface area contributed by atoms with Gasteiger partial charge in [-0.2, -0.15) is 0 Å². The van der Waals surface area contributed by atoms with Crippen LogP contribution in [0.4, 0.5) is 10.8 Å². The van der Waals surface area contributed by atoms with Crippen LogP contribution in [0, 0.1) is 13.8 Å². The lowest BCUT2D eigenvalue weighted by Gasteiger charge is -2.34. The number of para-hydroxylation sites is 1. The van der Waals surface area contributed by atoms with E-state index in [2.05, 4.69) is 32.8 Å². The zero-order valence-corrected chi connectivity index (χ0v) is 24.4. The zero-order chi connectivity index (χ0) is 28.3. The molecule has 0 aliphatic carbocycles. The number of fused-ring (bicyclic) bond motifs is 1. The van der Waals surface area contributed by atoms with Crippen LogP contribution in [0.15, 0.2) is 65.6 Å². The van der Waals surface area contributed by atoms with E-state index < -0.39 is 10.0 Å². The van der Waals surface area contributed by atoms with E-state index in [0.29, 0.717) is 13.1 Å². The molecular weight excluding hydrogens is 546 g/mol. The van der Waals surface area contributed by atoms with Crippen molar-refractivity contribution in [3.63, 3.8) is 0 Å². The van der Waals surface area contributed by atoms with Crippen LogP contribution in [0.3, 0.4) is 0 Å². The second kappa shape index (κ2) is 11.8. The third kappa shape index (κ3) is 6.06. The second-order valence-corrected chi connectivity index (χ2v) is 12.5. The molecule has 1 aromatic heterocycles. The van der Waals surface area contributed by atoms with E-state index in [4.69, 9.17) is 9.72 Å². The highest BCUT2D eigenvalue weighted by Gasteiger charge is 2.22. The van der Waals surface area contributed by atoms with Gasteiger partial charge in [-0.05, 0) is 49.7 Å². The molecule has 0 atom stereocenters. The maximum absolute atomic E-state index is 13.0. The maximum Gasteiger partial charge on any atom is 0.261 e. The fourth-order valence-corrected chi connectivity index (χ4v) is 6.86. The molecule has 0 bridgehead atoms. The Morgan fingerprint density at radius 3 is 2.45 bits per heavy atom. The van der Waals surface area contributed by atoms with Gasteiger partial charge in [0.25, 0.3) is 15.9 Å². The molecule has 1 aliphatic heterocycles. The van der Waals surface area contributed by atoms with Gasteiger partial charge in [0.1, 0.15) is 11.3 Å². The molecule has 3 aromatic carbocycles. The number of hydrogen-bond acceptors (Lipinski definition) is 8. The van der Waals surface area contributed by atoms with Crippen molar-refractivity contribution in [1.82, 2.24) is 15.2 Å². The lowest BCUT2D eigenvalue weighted by atomic mass is 10.1. The van der Waals surface area contributed by atoms with Gasteiger partial charge < -0.3 is 15.0 Å². The van der Waals surface area contributed by atoms with Crippen molar-refractivity contribution in [3.8, 4) is 5.75 Å². The summed E-state index contributed by atoms with van der Waals surface area (Å²) in [5, 5.41) is 3.95. The van der Waals surface area contributed by atoms with E-state index in [0.717, 1.165) is 52.8 Å². The zero-order valence-electron chi connectivity index (χ0n) is 22.8. The van der Waals surface area contributed by atoms with Crippen LogP contribution in [-0.2, 0) is 10.0 Å². The topological polar surface area (TPSA) is 104 Å². The number of nitrogens with zero attached hydrogens (tertiary/aromatic N) is 3. The van der Waals surface area contributed by atoms with E-state index in [1.54, 1.807) is 67.0 Å². The minimum absolute atomic E-state index is 0.146. The Bertz CT molecular complexity index is 1610. The Morgan fingerprint density at radius 1 is 1.00 bits per heavy atom. The summed E-state index contributed by atoms with van der Waals surface area (Å²) in [6.07, 6.45) is 0. The molecule has 1 aliphatic rings. The van der Waals surface area contributed by atoms with Crippen LogP contribution in [0.1, 0.15) is 21.5 Å². The molecule has 210 valence electrons. The highest BCUT2D eigenvalue weighted by atomic mass is 32.2. The third-order valence-electron chi connectivity index (χ3n) is 7.02. The van der Waals surface area contributed by atoms with Crippen molar-refractivity contribution in [2.24, 2.45) is 0 Å². The number of benzene rings is 3. The van der Waals surface area contributed by atoms with Crippen LogP contribution in [0.2, 0.25) is 0 Å². The monoisotopic (exact) mass is 579 g/mol. The summed E-state index contributed by atoms with van der Waals surface area (Å²) in [5.74, 6) is 0.474. The van der Waals surface area contributed by atoms with E-state index in [9.17, 15) is 13.2 Å². The average Bonchev–Trinajstić information content (AvgIpc) is 3.40. The molecule has 5 rings (SSSR count). The molecule has 4 aromatic rings. The number of aromatic nitrogens is 1. The van der Waals surface area contributed by atoms with Gasteiger partial charge in [0.05, 0.1) is 28.0 Å². The van der Waals surface area contributed by atoms with Crippen molar-refractivity contribution in [3.05, 3.63) is 77.4 Å². The summed E-state index contributed by atoms with van der Waals surface area (Å²) in [4.78, 5) is 22.6. The number of aryl methyl sites for hydroxylation is 2. The standard InChI is InChI=1S/C29H33N5O4S2/c1-20-8-11-22(12-9-20)40(36,37)32-24-7-5-4-6-23(24)28(35)30-14-15-33-16-18-34(19-17-33)29-31-26-25(38-3)13-10-21(2)27(26)39-29/h4-13,32H,14-19H2,1-3H3,(H,30,35). The van der Waals surface area contributed by atoms with E-state index in [-0.39, 0.29) is 22.1 Å². The molecule has 0 radical (unpaired) electrons. The molecule has 11 heteroatoms. The first-order valence-electron chi connectivity index (χ1n) is 13.1. The molecule has 0 unspecified atom stereocenters. The first-order chi connectivity index (χ1) is 19.2. The first kappa shape index (κ1) is 27.9. The predicted molar refractivity (Wildman–Crippen MR) is 160 cm³/mol. The molecular formula is C29H33N5O4S2. The van der Waals surface area contributed by atoms with Gasteiger partial charge in [0.15, 0.2) is 5.13 Å². The van der Waals surface area contributed by atoms with Gasteiger partial charge in [-0.3, -0.25) is 14.4 Å². The number of methoxy groups -OCH3 is 1. The summed E-state index contributed by atoms with van der Waals surface area (Å²) >= 11 is 1.70. The smallest absolute Gasteiger partial charge is 0.261 e. The van der Waals surface area contributed by atoms with Crippen LogP contribution < -0.4 is 19.7 Å². The van der Waals surface area contributed by atoms with E-state index >= 15 is 0 Å². The Labute approximate surface area is 238 Å². The van der Waals surface area contributed by atoms with Gasteiger partial charge in [0.2, 0.25) is 0 Å². The van der Waals surface area contributed by atoms with Gasteiger partial charge in [-0.1, -0.05) is 47.2 Å². The number of ether oxygens (including phenoxy) is 1. The number of rotatable bonds is 9.